The molecule has 0 heterocycles. The smallest absolute Gasteiger partial charge is 0.313 e. The van der Waals surface area contributed by atoms with Crippen molar-refractivity contribution in [1.29, 1.82) is 0 Å². The van der Waals surface area contributed by atoms with Crippen molar-refractivity contribution >= 4 is 17.5 Å². The summed E-state index contributed by atoms with van der Waals surface area (Å²) in [5, 5.41) is 5.32. The topological polar surface area (TPSA) is 58.2 Å². The number of para-hydroxylation sites is 1. The quantitative estimate of drug-likeness (QED) is 0.718. The normalized spacial score (nSPS) is 10.1. The van der Waals surface area contributed by atoms with E-state index in [4.69, 9.17) is 0 Å². The average molecular weight is 330 g/mol. The summed E-state index contributed by atoms with van der Waals surface area (Å²) in [7, 11) is 0. The lowest BCUT2D eigenvalue weighted by molar-refractivity contribution is -0.136. The fourth-order valence-corrected chi connectivity index (χ4v) is 2.50. The van der Waals surface area contributed by atoms with Crippen molar-refractivity contribution in [3.8, 4) is 11.1 Å². The molecule has 0 unspecified atom stereocenters. The van der Waals surface area contributed by atoms with Crippen LogP contribution in [0.25, 0.3) is 11.1 Å². The lowest BCUT2D eigenvalue weighted by Gasteiger charge is -2.11. The first-order valence-electron chi connectivity index (χ1n) is 8.01. The molecule has 124 valence electrons. The SMILES string of the molecule is O=C(NCc1ccccc1)C(=O)Nc1ccccc1-c1ccccc1. The monoisotopic (exact) mass is 330 g/mol. The summed E-state index contributed by atoms with van der Waals surface area (Å²) >= 11 is 0. The summed E-state index contributed by atoms with van der Waals surface area (Å²) in [6, 6.07) is 26.6. The largest absolute Gasteiger partial charge is 0.344 e. The second-order valence-corrected chi connectivity index (χ2v) is 5.53. The molecule has 0 atom stereocenters. The molecule has 0 aliphatic heterocycles. The molecule has 0 radical (unpaired) electrons. The van der Waals surface area contributed by atoms with Crippen molar-refractivity contribution in [2.75, 3.05) is 5.32 Å². The first-order valence-corrected chi connectivity index (χ1v) is 8.01. The molecule has 0 fully saturated rings. The molecule has 2 amide bonds. The summed E-state index contributed by atoms with van der Waals surface area (Å²) in [6.45, 7) is 0.313. The van der Waals surface area contributed by atoms with Gasteiger partial charge in [0.05, 0.1) is 0 Å². The third-order valence-electron chi connectivity index (χ3n) is 3.76. The van der Waals surface area contributed by atoms with Crippen LogP contribution in [0.5, 0.6) is 0 Å². The Morgan fingerprint density at radius 1 is 0.680 bits per heavy atom. The molecule has 2 N–H and O–H groups in total. The van der Waals surface area contributed by atoms with Crippen LogP contribution in [0, 0.1) is 0 Å². The molecule has 0 aromatic heterocycles. The molecular weight excluding hydrogens is 312 g/mol. The van der Waals surface area contributed by atoms with Crippen molar-refractivity contribution in [3.05, 3.63) is 90.5 Å². The number of hydrogen-bond donors (Lipinski definition) is 2. The number of anilines is 1. The van der Waals surface area contributed by atoms with Crippen LogP contribution in [0.3, 0.4) is 0 Å². The predicted octanol–water partition coefficient (Wildman–Crippen LogP) is 3.61. The Labute approximate surface area is 146 Å². The Morgan fingerprint density at radius 3 is 2.00 bits per heavy atom. The van der Waals surface area contributed by atoms with E-state index in [0.29, 0.717) is 12.2 Å². The first kappa shape index (κ1) is 16.5. The molecule has 3 aromatic rings. The Kier molecular flexibility index (Phi) is 5.22. The van der Waals surface area contributed by atoms with Gasteiger partial charge in [0.25, 0.3) is 0 Å². The molecule has 25 heavy (non-hydrogen) atoms. The Balaban J connectivity index is 1.68. The second-order valence-electron chi connectivity index (χ2n) is 5.53. The number of carbonyl (C=O) groups is 2. The molecule has 0 spiro atoms. The molecule has 0 bridgehead atoms. The van der Waals surface area contributed by atoms with Gasteiger partial charge < -0.3 is 10.6 Å². The molecule has 3 aromatic carbocycles. The van der Waals surface area contributed by atoms with E-state index in [2.05, 4.69) is 10.6 Å². The highest BCUT2D eigenvalue weighted by molar-refractivity contribution is 6.39. The lowest BCUT2D eigenvalue weighted by Crippen LogP contribution is -2.35. The number of carbonyl (C=O) groups excluding carboxylic acids is 2. The van der Waals surface area contributed by atoms with Gasteiger partial charge >= 0.3 is 11.8 Å². The maximum absolute atomic E-state index is 12.2. The minimum Gasteiger partial charge on any atom is -0.344 e. The summed E-state index contributed by atoms with van der Waals surface area (Å²) in [4.78, 5) is 24.2. The summed E-state index contributed by atoms with van der Waals surface area (Å²) < 4.78 is 0. The van der Waals surface area contributed by atoms with Gasteiger partial charge in [0.15, 0.2) is 0 Å². The molecule has 0 aliphatic carbocycles. The van der Waals surface area contributed by atoms with Gasteiger partial charge in [-0.3, -0.25) is 9.59 Å². The highest BCUT2D eigenvalue weighted by Crippen LogP contribution is 2.27. The maximum atomic E-state index is 12.2. The average Bonchev–Trinajstić information content (AvgIpc) is 2.68. The molecule has 0 saturated carbocycles. The zero-order chi connectivity index (χ0) is 17.5. The van der Waals surface area contributed by atoms with Gasteiger partial charge in [-0.2, -0.15) is 0 Å². The number of hydrogen-bond acceptors (Lipinski definition) is 2. The zero-order valence-corrected chi connectivity index (χ0v) is 13.6. The number of nitrogens with one attached hydrogen (secondary N) is 2. The second kappa shape index (κ2) is 7.93. The van der Waals surface area contributed by atoms with Gasteiger partial charge in [-0.15, -0.1) is 0 Å². The van der Waals surface area contributed by atoms with Crippen LogP contribution in [0.4, 0.5) is 5.69 Å². The van der Waals surface area contributed by atoms with Crippen LogP contribution in [0.1, 0.15) is 5.56 Å². The van der Waals surface area contributed by atoms with Gasteiger partial charge in [-0.1, -0.05) is 78.9 Å². The van der Waals surface area contributed by atoms with E-state index < -0.39 is 11.8 Å². The van der Waals surface area contributed by atoms with Crippen LogP contribution in [0.15, 0.2) is 84.9 Å². The minimum absolute atomic E-state index is 0.313. The third kappa shape index (κ3) is 4.32. The van der Waals surface area contributed by atoms with E-state index in [9.17, 15) is 9.59 Å². The highest BCUT2D eigenvalue weighted by atomic mass is 16.2. The molecule has 3 rings (SSSR count). The van der Waals surface area contributed by atoms with Crippen LogP contribution >= 0.6 is 0 Å². The standard InChI is InChI=1S/C21H18N2O2/c24-20(22-15-16-9-3-1-4-10-16)21(25)23-19-14-8-7-13-18(19)17-11-5-2-6-12-17/h1-14H,15H2,(H,22,24)(H,23,25). The number of rotatable bonds is 4. The maximum Gasteiger partial charge on any atom is 0.313 e. The van der Waals surface area contributed by atoms with Crippen LogP contribution < -0.4 is 10.6 Å². The molecule has 0 saturated heterocycles. The minimum atomic E-state index is -0.681. The van der Waals surface area contributed by atoms with Gasteiger partial charge in [0.1, 0.15) is 0 Å². The fraction of sp³-hybridized carbons (Fsp3) is 0.0476. The fourth-order valence-electron chi connectivity index (χ4n) is 2.50. The molecule has 0 aliphatic rings. The van der Waals surface area contributed by atoms with E-state index in [0.717, 1.165) is 16.7 Å². The Morgan fingerprint density at radius 2 is 1.28 bits per heavy atom. The summed E-state index contributed by atoms with van der Waals surface area (Å²) in [5.41, 5.74) is 3.39. The molecular formula is C21H18N2O2. The molecule has 4 heteroatoms. The van der Waals surface area contributed by atoms with Crippen molar-refractivity contribution in [2.24, 2.45) is 0 Å². The van der Waals surface area contributed by atoms with Gasteiger partial charge in [-0.25, -0.2) is 0 Å². The zero-order valence-electron chi connectivity index (χ0n) is 13.6. The summed E-state index contributed by atoms with van der Waals surface area (Å²) in [5.74, 6) is -1.34. The lowest BCUT2D eigenvalue weighted by atomic mass is 10.0. The van der Waals surface area contributed by atoms with Gasteiger partial charge in [0, 0.05) is 17.8 Å². The van der Waals surface area contributed by atoms with E-state index in [1.54, 1.807) is 6.07 Å². The van der Waals surface area contributed by atoms with E-state index >= 15 is 0 Å². The Hall–Kier alpha value is -3.40. The first-order chi connectivity index (χ1) is 12.2. The van der Waals surface area contributed by atoms with Gasteiger partial charge in [0.2, 0.25) is 0 Å². The number of benzene rings is 3. The van der Waals surface area contributed by atoms with Crippen molar-refractivity contribution in [2.45, 2.75) is 6.54 Å². The highest BCUT2D eigenvalue weighted by Gasteiger charge is 2.15. The van der Waals surface area contributed by atoms with Crippen LogP contribution in [-0.4, -0.2) is 11.8 Å². The summed E-state index contributed by atoms with van der Waals surface area (Å²) in [6.07, 6.45) is 0. The van der Waals surface area contributed by atoms with Crippen molar-refractivity contribution < 1.29 is 9.59 Å². The predicted molar refractivity (Wildman–Crippen MR) is 98.8 cm³/mol. The van der Waals surface area contributed by atoms with Crippen LogP contribution in [0.2, 0.25) is 0 Å². The van der Waals surface area contributed by atoms with Crippen molar-refractivity contribution in [3.63, 3.8) is 0 Å². The molecule has 4 nitrogen and oxygen atoms in total. The van der Waals surface area contributed by atoms with E-state index in [-0.39, 0.29) is 0 Å². The third-order valence-corrected chi connectivity index (χ3v) is 3.76. The Bertz CT molecular complexity index is 861. The van der Waals surface area contributed by atoms with Crippen molar-refractivity contribution in [1.82, 2.24) is 5.32 Å². The number of amides is 2. The van der Waals surface area contributed by atoms with E-state index in [1.165, 1.54) is 0 Å². The van der Waals surface area contributed by atoms with E-state index in [1.807, 2.05) is 78.9 Å². The van der Waals surface area contributed by atoms with Crippen LogP contribution in [-0.2, 0) is 16.1 Å². The van der Waals surface area contributed by atoms with Gasteiger partial charge in [-0.05, 0) is 17.2 Å².